The summed E-state index contributed by atoms with van der Waals surface area (Å²) in [6.45, 7) is 10.1. The number of nitrogens with one attached hydrogen (secondary N) is 1. The van der Waals surface area contributed by atoms with Crippen molar-refractivity contribution in [3.05, 3.63) is 0 Å². The molecule has 0 amide bonds. The summed E-state index contributed by atoms with van der Waals surface area (Å²) >= 11 is 0. The minimum absolute atomic E-state index is 0.124. The number of aliphatic hydroxyl groups is 1. The summed E-state index contributed by atoms with van der Waals surface area (Å²) in [6, 6.07) is -0.124. The van der Waals surface area contributed by atoms with Crippen LogP contribution in [0.2, 0.25) is 0 Å². The highest BCUT2D eigenvalue weighted by Gasteiger charge is 2.60. The van der Waals surface area contributed by atoms with Crippen molar-refractivity contribution in [3.8, 4) is 0 Å². The predicted octanol–water partition coefficient (Wildman–Crippen LogP) is 0.0379. The fourth-order valence-electron chi connectivity index (χ4n) is 6.12. The van der Waals surface area contributed by atoms with E-state index in [0.717, 1.165) is 19.4 Å². The van der Waals surface area contributed by atoms with Gasteiger partial charge in [0.1, 0.15) is 48.8 Å². The lowest BCUT2D eigenvalue weighted by Crippen LogP contribution is -2.56. The van der Waals surface area contributed by atoms with Crippen LogP contribution in [0.5, 0.6) is 0 Å². The maximum Gasteiger partial charge on any atom is 0.187 e. The van der Waals surface area contributed by atoms with Gasteiger partial charge in [-0.3, -0.25) is 0 Å². The minimum atomic E-state index is -0.727. The lowest BCUT2D eigenvalue weighted by Gasteiger charge is -2.37. The highest BCUT2D eigenvalue weighted by molar-refractivity contribution is 5.01. The second-order valence-electron chi connectivity index (χ2n) is 11.6. The molecule has 6 saturated heterocycles. The summed E-state index contributed by atoms with van der Waals surface area (Å²) in [6.07, 6.45) is -1.59. The zero-order chi connectivity index (χ0) is 25.8. The monoisotopic (exact) mass is 531 g/mol. The van der Waals surface area contributed by atoms with E-state index in [2.05, 4.69) is 5.32 Å². The third-order valence-corrected chi connectivity index (χ3v) is 7.71. The average Bonchev–Trinajstić information content (AvgIpc) is 3.60. The standard InChI is InChI=1S/C25H41NO11/c1-24(2)34-18-16(14-11-30-22(32-14)20(18)36-24)28-9-13(26-7-5-6-8-27)10-29-17-15-12-31-23(33-15)21-19(17)35-25(3,4)37-21/h13-23,26-27H,5-12H2,1-4H3/t13?,14-,15+,16-,17+,18-,19+,20-,21+,22-,23+. The molecular weight excluding hydrogens is 490 g/mol. The number of rotatable bonds is 11. The Bertz CT molecular complexity index is 741. The van der Waals surface area contributed by atoms with Crippen LogP contribution in [-0.2, 0) is 47.4 Å². The SMILES string of the molecule is CC1(C)O[C@@H]2[C@H](O1)[C@H]1OC[C@H](O1)[C@@H]2OCC(CO[C@H]1[C@H]2OC(C)(C)O[C@H]2[C@@H]2OC[C@H]1O2)NCCCCO. The fourth-order valence-corrected chi connectivity index (χ4v) is 6.12. The van der Waals surface area contributed by atoms with E-state index in [9.17, 15) is 5.11 Å². The topological polar surface area (TPSA) is 125 Å². The number of hydrogen-bond acceptors (Lipinski definition) is 12. The van der Waals surface area contributed by atoms with E-state index in [1.807, 2.05) is 27.7 Å². The molecule has 12 nitrogen and oxygen atoms in total. The van der Waals surface area contributed by atoms with Crippen LogP contribution in [0, 0.1) is 0 Å². The van der Waals surface area contributed by atoms with Gasteiger partial charge in [-0.15, -0.1) is 0 Å². The number of unbranched alkanes of at least 4 members (excludes halogenated alkanes) is 1. The quantitative estimate of drug-likeness (QED) is 0.350. The van der Waals surface area contributed by atoms with Gasteiger partial charge in [0.05, 0.1) is 32.5 Å². The van der Waals surface area contributed by atoms with Crippen molar-refractivity contribution in [2.45, 2.75) is 120 Å². The summed E-state index contributed by atoms with van der Waals surface area (Å²) in [5.74, 6) is -1.45. The Labute approximate surface area is 217 Å². The fraction of sp³-hybridized carbons (Fsp3) is 1.00. The van der Waals surface area contributed by atoms with Crippen LogP contribution in [-0.4, -0.2) is 124 Å². The molecule has 6 aliphatic rings. The number of ether oxygens (including phenoxy) is 10. The van der Waals surface area contributed by atoms with Gasteiger partial charge < -0.3 is 57.8 Å². The first kappa shape index (κ1) is 26.7. The van der Waals surface area contributed by atoms with E-state index in [0.29, 0.717) is 26.4 Å². The molecule has 2 N–H and O–H groups in total. The van der Waals surface area contributed by atoms with E-state index in [4.69, 9.17) is 47.4 Å². The van der Waals surface area contributed by atoms with Crippen molar-refractivity contribution in [1.29, 1.82) is 0 Å². The van der Waals surface area contributed by atoms with E-state index in [-0.39, 0.29) is 61.5 Å². The number of hydrogen-bond donors (Lipinski definition) is 2. The molecule has 6 fully saturated rings. The first-order valence-corrected chi connectivity index (χ1v) is 13.6. The Hall–Kier alpha value is -0.480. The molecule has 0 aromatic carbocycles. The van der Waals surface area contributed by atoms with Crippen LogP contribution in [0.1, 0.15) is 40.5 Å². The van der Waals surface area contributed by atoms with E-state index >= 15 is 0 Å². The van der Waals surface area contributed by atoms with E-state index < -0.39 is 24.2 Å². The molecule has 1 unspecified atom stereocenters. The van der Waals surface area contributed by atoms with Crippen molar-refractivity contribution in [1.82, 2.24) is 5.32 Å². The Morgan fingerprint density at radius 3 is 1.73 bits per heavy atom. The van der Waals surface area contributed by atoms with Crippen LogP contribution in [0.15, 0.2) is 0 Å². The summed E-state index contributed by atoms with van der Waals surface area (Å²) in [5.41, 5.74) is 0. The highest BCUT2D eigenvalue weighted by Crippen LogP contribution is 2.43. The molecule has 0 radical (unpaired) electrons. The van der Waals surface area contributed by atoms with Gasteiger partial charge in [0.15, 0.2) is 24.2 Å². The van der Waals surface area contributed by atoms with Gasteiger partial charge in [0.2, 0.25) is 0 Å². The summed E-state index contributed by atoms with van der Waals surface area (Å²) in [7, 11) is 0. The van der Waals surface area contributed by atoms with Gasteiger partial charge >= 0.3 is 0 Å². The molecule has 4 bridgehead atoms. The van der Waals surface area contributed by atoms with Crippen molar-refractivity contribution < 1.29 is 52.5 Å². The lowest BCUT2D eigenvalue weighted by atomic mass is 10.0. The van der Waals surface area contributed by atoms with Crippen LogP contribution in [0.25, 0.3) is 0 Å². The normalized spacial score (nSPS) is 45.6. The van der Waals surface area contributed by atoms with E-state index in [1.165, 1.54) is 0 Å². The van der Waals surface area contributed by atoms with Crippen molar-refractivity contribution in [2.24, 2.45) is 0 Å². The summed E-state index contributed by atoms with van der Waals surface area (Å²) in [5, 5.41) is 12.7. The summed E-state index contributed by atoms with van der Waals surface area (Å²) in [4.78, 5) is 0. The van der Waals surface area contributed by atoms with Crippen LogP contribution in [0.4, 0.5) is 0 Å². The van der Waals surface area contributed by atoms with Crippen molar-refractivity contribution >= 4 is 0 Å². The van der Waals surface area contributed by atoms with Gasteiger partial charge in [0.25, 0.3) is 0 Å². The molecular formula is C25H41NO11. The summed E-state index contributed by atoms with van der Waals surface area (Å²) < 4.78 is 61.1. The van der Waals surface area contributed by atoms with Crippen LogP contribution in [0.3, 0.4) is 0 Å². The van der Waals surface area contributed by atoms with Crippen LogP contribution < -0.4 is 5.32 Å². The third-order valence-electron chi connectivity index (χ3n) is 7.71. The highest BCUT2D eigenvalue weighted by atomic mass is 16.8. The first-order valence-electron chi connectivity index (χ1n) is 13.6. The second kappa shape index (κ2) is 10.5. The molecule has 0 aromatic heterocycles. The lowest BCUT2D eigenvalue weighted by molar-refractivity contribution is -0.214. The molecule has 6 heterocycles. The Morgan fingerprint density at radius 1 is 0.757 bits per heavy atom. The molecule has 6 aliphatic heterocycles. The van der Waals surface area contributed by atoms with Gasteiger partial charge in [-0.25, -0.2) is 0 Å². The molecule has 0 aliphatic carbocycles. The van der Waals surface area contributed by atoms with E-state index in [1.54, 1.807) is 0 Å². The minimum Gasteiger partial charge on any atom is -0.396 e. The zero-order valence-corrected chi connectivity index (χ0v) is 22.0. The number of aliphatic hydroxyl groups excluding tert-OH is 1. The maximum atomic E-state index is 9.18. The smallest absolute Gasteiger partial charge is 0.187 e. The van der Waals surface area contributed by atoms with Gasteiger partial charge in [0, 0.05) is 6.61 Å². The zero-order valence-electron chi connectivity index (χ0n) is 22.0. The van der Waals surface area contributed by atoms with Crippen molar-refractivity contribution in [2.75, 3.05) is 39.6 Å². The molecule has 0 saturated carbocycles. The Kier molecular flexibility index (Phi) is 7.58. The van der Waals surface area contributed by atoms with Gasteiger partial charge in [-0.05, 0) is 47.1 Å². The molecule has 6 rings (SSSR count). The maximum absolute atomic E-state index is 9.18. The molecule has 12 heteroatoms. The first-order chi connectivity index (χ1) is 17.7. The van der Waals surface area contributed by atoms with Gasteiger partial charge in [-0.1, -0.05) is 0 Å². The van der Waals surface area contributed by atoms with Crippen LogP contribution >= 0.6 is 0 Å². The molecule has 11 atom stereocenters. The third kappa shape index (κ3) is 5.46. The molecule has 0 spiro atoms. The van der Waals surface area contributed by atoms with Gasteiger partial charge in [-0.2, -0.15) is 0 Å². The second-order valence-corrected chi connectivity index (χ2v) is 11.6. The molecule has 212 valence electrons. The average molecular weight is 532 g/mol. The van der Waals surface area contributed by atoms with Crippen molar-refractivity contribution in [3.63, 3.8) is 0 Å². The largest absolute Gasteiger partial charge is 0.396 e. The Balaban J connectivity index is 1.10. The number of fused-ring (bicyclic) bond motifs is 8. The Morgan fingerprint density at radius 2 is 1.24 bits per heavy atom. The predicted molar refractivity (Wildman–Crippen MR) is 124 cm³/mol. The molecule has 37 heavy (non-hydrogen) atoms. The molecule has 0 aromatic rings.